The molecule has 0 aliphatic carbocycles. The number of rotatable bonds is 6. The van der Waals surface area contributed by atoms with E-state index in [1.54, 1.807) is 0 Å². The number of nitro benzene ring substituents is 1. The Labute approximate surface area is 121 Å². The van der Waals surface area contributed by atoms with Crippen molar-refractivity contribution in [3.8, 4) is 0 Å². The van der Waals surface area contributed by atoms with E-state index in [0.717, 1.165) is 0 Å². The molecule has 21 heavy (non-hydrogen) atoms. The van der Waals surface area contributed by atoms with Gasteiger partial charge in [0.2, 0.25) is 5.91 Å². The zero-order chi connectivity index (χ0) is 16.0. The van der Waals surface area contributed by atoms with Gasteiger partial charge in [-0.1, -0.05) is 6.92 Å². The van der Waals surface area contributed by atoms with Crippen LogP contribution in [-0.4, -0.2) is 40.4 Å². The number of nitro groups is 1. The maximum Gasteiger partial charge on any atom is 0.308 e. The number of hydrogen-bond donors (Lipinski definition) is 1. The van der Waals surface area contributed by atoms with Crippen molar-refractivity contribution in [2.75, 3.05) is 13.6 Å². The molecule has 1 rings (SSSR count). The molecule has 1 aromatic rings. The molecular weight excluding hydrogens is 276 g/mol. The van der Waals surface area contributed by atoms with Gasteiger partial charge >= 0.3 is 5.97 Å². The summed E-state index contributed by atoms with van der Waals surface area (Å²) in [4.78, 5) is 33.8. The van der Waals surface area contributed by atoms with E-state index in [4.69, 9.17) is 5.11 Å². The molecule has 0 aromatic heterocycles. The van der Waals surface area contributed by atoms with Gasteiger partial charge < -0.3 is 10.0 Å². The largest absolute Gasteiger partial charge is 0.481 e. The van der Waals surface area contributed by atoms with Gasteiger partial charge in [-0.2, -0.15) is 0 Å². The van der Waals surface area contributed by atoms with Gasteiger partial charge in [-0.15, -0.1) is 0 Å². The molecule has 0 spiro atoms. The Morgan fingerprint density at radius 2 is 1.95 bits per heavy atom. The van der Waals surface area contributed by atoms with Crippen LogP contribution in [-0.2, 0) is 9.59 Å². The van der Waals surface area contributed by atoms with E-state index in [1.165, 1.54) is 55.3 Å². The van der Waals surface area contributed by atoms with Gasteiger partial charge in [0.25, 0.3) is 5.69 Å². The van der Waals surface area contributed by atoms with Crippen LogP contribution in [0.1, 0.15) is 12.5 Å². The molecule has 1 unspecified atom stereocenters. The summed E-state index contributed by atoms with van der Waals surface area (Å²) >= 11 is 0. The third-order valence-corrected chi connectivity index (χ3v) is 2.87. The summed E-state index contributed by atoms with van der Waals surface area (Å²) in [5, 5.41) is 19.3. The summed E-state index contributed by atoms with van der Waals surface area (Å²) in [5.41, 5.74) is 0.625. The highest BCUT2D eigenvalue weighted by atomic mass is 16.6. The average molecular weight is 292 g/mol. The lowest BCUT2D eigenvalue weighted by Crippen LogP contribution is -2.32. The molecule has 0 bridgehead atoms. The fourth-order valence-electron chi connectivity index (χ4n) is 1.58. The lowest BCUT2D eigenvalue weighted by atomic mass is 10.1. The summed E-state index contributed by atoms with van der Waals surface area (Å²) in [5.74, 6) is -1.94. The number of carbonyl (C=O) groups excluding carboxylic acids is 1. The summed E-state index contributed by atoms with van der Waals surface area (Å²) in [6.45, 7) is 1.63. The monoisotopic (exact) mass is 292 g/mol. The van der Waals surface area contributed by atoms with Gasteiger partial charge in [0.05, 0.1) is 10.8 Å². The van der Waals surface area contributed by atoms with Crippen molar-refractivity contribution >= 4 is 23.6 Å². The highest BCUT2D eigenvalue weighted by molar-refractivity contribution is 5.91. The molecule has 1 N–H and O–H groups in total. The predicted molar refractivity (Wildman–Crippen MR) is 76.6 cm³/mol. The lowest BCUT2D eigenvalue weighted by Gasteiger charge is -2.17. The van der Waals surface area contributed by atoms with Crippen LogP contribution in [0.25, 0.3) is 6.08 Å². The molecule has 0 heterocycles. The number of benzene rings is 1. The van der Waals surface area contributed by atoms with Crippen molar-refractivity contribution in [3.63, 3.8) is 0 Å². The van der Waals surface area contributed by atoms with E-state index in [2.05, 4.69) is 0 Å². The lowest BCUT2D eigenvalue weighted by molar-refractivity contribution is -0.384. The molecule has 0 saturated carbocycles. The summed E-state index contributed by atoms with van der Waals surface area (Å²) in [6, 6.07) is 5.75. The molecule has 0 aliphatic rings. The van der Waals surface area contributed by atoms with Crippen LogP contribution in [0.4, 0.5) is 5.69 Å². The molecule has 7 nitrogen and oxygen atoms in total. The van der Waals surface area contributed by atoms with Crippen molar-refractivity contribution in [1.82, 2.24) is 4.90 Å². The summed E-state index contributed by atoms with van der Waals surface area (Å²) in [7, 11) is 1.52. The molecule has 0 saturated heterocycles. The number of carboxylic acids is 1. The highest BCUT2D eigenvalue weighted by Crippen LogP contribution is 2.13. The molecule has 112 valence electrons. The van der Waals surface area contributed by atoms with Crippen molar-refractivity contribution in [2.24, 2.45) is 5.92 Å². The average Bonchev–Trinajstić information content (AvgIpc) is 2.44. The Balaban J connectivity index is 2.64. The first-order chi connectivity index (χ1) is 9.81. The maximum absolute atomic E-state index is 11.8. The van der Waals surface area contributed by atoms with Crippen LogP contribution < -0.4 is 0 Å². The fourth-order valence-corrected chi connectivity index (χ4v) is 1.58. The minimum atomic E-state index is -0.964. The Bertz CT molecular complexity index is 565. The molecule has 0 fully saturated rings. The number of carboxylic acid groups (broad SMARTS) is 1. The minimum Gasteiger partial charge on any atom is -0.481 e. The highest BCUT2D eigenvalue weighted by Gasteiger charge is 2.15. The molecule has 0 radical (unpaired) electrons. The smallest absolute Gasteiger partial charge is 0.308 e. The first kappa shape index (κ1) is 16.4. The number of aliphatic carboxylic acids is 1. The number of carbonyl (C=O) groups is 2. The van der Waals surface area contributed by atoms with Crippen molar-refractivity contribution in [3.05, 3.63) is 46.0 Å². The van der Waals surface area contributed by atoms with Gasteiger partial charge in [-0.3, -0.25) is 19.7 Å². The standard InChI is InChI=1S/C14H16N2O5/c1-10(14(18)19)9-15(2)13(17)8-5-11-3-6-12(7-4-11)16(20)21/h3-8,10H,9H2,1-2H3,(H,18,19)/b8-5+. The second-order valence-electron chi connectivity index (χ2n) is 4.64. The Hall–Kier alpha value is -2.70. The van der Waals surface area contributed by atoms with Crippen LogP contribution in [0.5, 0.6) is 0 Å². The van der Waals surface area contributed by atoms with Gasteiger partial charge in [0.1, 0.15) is 0 Å². The van der Waals surface area contributed by atoms with Crippen molar-refractivity contribution < 1.29 is 19.6 Å². The molecule has 1 atom stereocenters. The molecule has 0 aliphatic heterocycles. The van der Waals surface area contributed by atoms with E-state index in [-0.39, 0.29) is 18.1 Å². The number of likely N-dealkylation sites (N-methyl/N-ethyl adjacent to an activating group) is 1. The van der Waals surface area contributed by atoms with Crippen LogP contribution >= 0.6 is 0 Å². The second kappa shape index (κ2) is 7.18. The Morgan fingerprint density at radius 3 is 2.43 bits per heavy atom. The fraction of sp³-hybridized carbons (Fsp3) is 0.286. The number of hydrogen-bond acceptors (Lipinski definition) is 4. The summed E-state index contributed by atoms with van der Waals surface area (Å²) < 4.78 is 0. The Morgan fingerprint density at radius 1 is 1.38 bits per heavy atom. The normalized spacial score (nSPS) is 12.1. The third kappa shape index (κ3) is 5.06. The first-order valence-corrected chi connectivity index (χ1v) is 6.21. The second-order valence-corrected chi connectivity index (χ2v) is 4.64. The van der Waals surface area contributed by atoms with E-state index in [1.807, 2.05) is 0 Å². The SMILES string of the molecule is CC(CN(C)C(=O)/C=C/c1ccc([N+](=O)[O-])cc1)C(=O)O. The molecule has 7 heteroatoms. The zero-order valence-corrected chi connectivity index (χ0v) is 11.7. The van der Waals surface area contributed by atoms with E-state index in [9.17, 15) is 19.7 Å². The topological polar surface area (TPSA) is 101 Å². The van der Waals surface area contributed by atoms with Crippen LogP contribution in [0.3, 0.4) is 0 Å². The number of nitrogens with zero attached hydrogens (tertiary/aromatic N) is 2. The quantitative estimate of drug-likeness (QED) is 0.489. The predicted octanol–water partition coefficient (Wildman–Crippen LogP) is 1.79. The third-order valence-electron chi connectivity index (χ3n) is 2.87. The van der Waals surface area contributed by atoms with Gasteiger partial charge in [0, 0.05) is 31.8 Å². The van der Waals surface area contributed by atoms with E-state index < -0.39 is 16.8 Å². The minimum absolute atomic E-state index is 0.0223. The number of amides is 1. The van der Waals surface area contributed by atoms with Crippen LogP contribution in [0.15, 0.2) is 30.3 Å². The van der Waals surface area contributed by atoms with Gasteiger partial charge in [0.15, 0.2) is 0 Å². The van der Waals surface area contributed by atoms with Crippen molar-refractivity contribution in [2.45, 2.75) is 6.92 Å². The summed E-state index contributed by atoms with van der Waals surface area (Å²) in [6.07, 6.45) is 2.82. The van der Waals surface area contributed by atoms with E-state index in [0.29, 0.717) is 5.56 Å². The number of non-ortho nitro benzene ring substituents is 1. The van der Waals surface area contributed by atoms with Crippen molar-refractivity contribution in [1.29, 1.82) is 0 Å². The zero-order valence-electron chi connectivity index (χ0n) is 11.7. The van der Waals surface area contributed by atoms with E-state index >= 15 is 0 Å². The maximum atomic E-state index is 11.8. The Kier molecular flexibility index (Phi) is 5.59. The first-order valence-electron chi connectivity index (χ1n) is 6.21. The van der Waals surface area contributed by atoms with Gasteiger partial charge in [-0.25, -0.2) is 0 Å². The molecule has 1 aromatic carbocycles. The van der Waals surface area contributed by atoms with Crippen LogP contribution in [0, 0.1) is 16.0 Å². The van der Waals surface area contributed by atoms with Gasteiger partial charge in [-0.05, 0) is 23.8 Å². The molecule has 1 amide bonds. The van der Waals surface area contributed by atoms with Crippen LogP contribution in [0.2, 0.25) is 0 Å². The molecular formula is C14H16N2O5.